The van der Waals surface area contributed by atoms with Crippen molar-refractivity contribution >= 4 is 105 Å². The number of halogens is 2. The van der Waals surface area contributed by atoms with E-state index in [2.05, 4.69) is 59.0 Å². The maximum Gasteiger partial charge on any atom is 0.264 e. The Kier molecular flexibility index (Phi) is 17.0. The zero-order valence-corrected chi connectivity index (χ0v) is 38.3. The van der Waals surface area contributed by atoms with Gasteiger partial charge in [0.25, 0.3) is 17.7 Å². The van der Waals surface area contributed by atoms with Gasteiger partial charge < -0.3 is 14.2 Å². The molecule has 3 N–H and O–H groups in total. The first-order valence-corrected chi connectivity index (χ1v) is 21.9. The van der Waals surface area contributed by atoms with Crippen LogP contribution in [0.4, 0.5) is 15.4 Å². The molecule has 0 aliphatic rings. The van der Waals surface area contributed by atoms with E-state index in [1.165, 1.54) is 40.2 Å². The van der Waals surface area contributed by atoms with Crippen LogP contribution < -0.4 is 30.2 Å². The molecule has 7 rings (SSSR count). The molecule has 3 amide bonds. The number of hydrogen-bond acceptors (Lipinski definition) is 12. The highest BCUT2D eigenvalue weighted by Gasteiger charge is 2.10. The second-order valence-corrected chi connectivity index (χ2v) is 18.5. The van der Waals surface area contributed by atoms with Crippen LogP contribution in [0.3, 0.4) is 0 Å². The lowest BCUT2D eigenvalue weighted by Gasteiger charge is -2.07. The Morgan fingerprint density at radius 1 is 0.567 bits per heavy atom. The minimum Gasteiger partial charge on any atom is -0.484 e. The molecular formula is C43H42BrClN6O6S3. The molecule has 0 radical (unpaired) electrons. The largest absolute Gasteiger partial charge is 0.484 e. The molecule has 17 heteroatoms. The summed E-state index contributed by atoms with van der Waals surface area (Å²) in [7, 11) is 0. The molecule has 3 aromatic heterocycles. The minimum absolute atomic E-state index is 0.0277. The van der Waals surface area contributed by atoms with Crippen LogP contribution in [0, 0.1) is 41.5 Å². The first-order chi connectivity index (χ1) is 28.6. The lowest BCUT2D eigenvalue weighted by molar-refractivity contribution is -0.118. The van der Waals surface area contributed by atoms with Gasteiger partial charge in [-0.15, -0.1) is 0 Å². The number of nitrogens with one attached hydrogen (secondary N) is 3. The number of aromatic nitrogens is 3. The molecule has 3 heterocycles. The molecule has 0 saturated heterocycles. The smallest absolute Gasteiger partial charge is 0.264 e. The van der Waals surface area contributed by atoms with E-state index in [0.29, 0.717) is 37.0 Å². The number of ether oxygens (including phenoxy) is 3. The molecule has 0 saturated carbocycles. The number of aryl methyl sites for hydroxylation is 6. The minimum atomic E-state index is -0.259. The summed E-state index contributed by atoms with van der Waals surface area (Å²) in [5.41, 5.74) is 7.53. The highest BCUT2D eigenvalue weighted by Crippen LogP contribution is 2.26. The van der Waals surface area contributed by atoms with Gasteiger partial charge in [-0.2, -0.15) is 0 Å². The summed E-state index contributed by atoms with van der Waals surface area (Å²) in [4.78, 5) is 47.6. The van der Waals surface area contributed by atoms with E-state index in [1.807, 2.05) is 108 Å². The second kappa shape index (κ2) is 22.3. The van der Waals surface area contributed by atoms with Crippen molar-refractivity contribution in [1.82, 2.24) is 15.0 Å². The molecule has 0 spiro atoms. The molecule has 0 unspecified atom stereocenters. The van der Waals surface area contributed by atoms with Crippen LogP contribution in [-0.4, -0.2) is 52.5 Å². The summed E-state index contributed by atoms with van der Waals surface area (Å²) in [5, 5.41) is 9.69. The topological polar surface area (TPSA) is 154 Å². The zero-order valence-electron chi connectivity index (χ0n) is 33.6. The zero-order chi connectivity index (χ0) is 43.2. The maximum absolute atomic E-state index is 12.0. The normalized spacial score (nSPS) is 10.4. The number of anilines is 3. The summed E-state index contributed by atoms with van der Waals surface area (Å²) in [6, 6.07) is 25.4. The molecule has 60 heavy (non-hydrogen) atoms. The number of benzene rings is 4. The van der Waals surface area contributed by atoms with Crippen molar-refractivity contribution in [2.24, 2.45) is 0 Å². The molecule has 7 aromatic rings. The van der Waals surface area contributed by atoms with Gasteiger partial charge >= 0.3 is 0 Å². The first kappa shape index (κ1) is 45.7. The highest BCUT2D eigenvalue weighted by atomic mass is 79.9. The fraction of sp³-hybridized carbons (Fsp3) is 0.209. The first-order valence-electron chi connectivity index (χ1n) is 18.3. The average Bonchev–Trinajstić information content (AvgIpc) is 3.90. The third kappa shape index (κ3) is 15.7. The third-order valence-electron chi connectivity index (χ3n) is 7.68. The summed E-state index contributed by atoms with van der Waals surface area (Å²) in [5.74, 6) is 1.40. The van der Waals surface area contributed by atoms with Crippen LogP contribution in [0.2, 0.25) is 4.34 Å². The molecule has 0 atom stereocenters. The summed E-state index contributed by atoms with van der Waals surface area (Å²) >= 11 is 13.0. The van der Waals surface area contributed by atoms with E-state index in [0.717, 1.165) is 47.4 Å². The van der Waals surface area contributed by atoms with Gasteiger partial charge in [-0.25, -0.2) is 15.0 Å². The van der Waals surface area contributed by atoms with Gasteiger partial charge in [0.2, 0.25) is 0 Å². The molecule has 0 fully saturated rings. The molecule has 312 valence electrons. The Balaban J connectivity index is 0.000000171. The maximum atomic E-state index is 12.0. The Morgan fingerprint density at radius 2 is 0.967 bits per heavy atom. The van der Waals surface area contributed by atoms with Crippen LogP contribution in [-0.2, 0) is 14.4 Å². The van der Waals surface area contributed by atoms with Crippen LogP contribution >= 0.6 is 61.5 Å². The van der Waals surface area contributed by atoms with Crippen LogP contribution in [0.15, 0.2) is 95.0 Å². The Labute approximate surface area is 373 Å². The van der Waals surface area contributed by atoms with Crippen molar-refractivity contribution in [2.45, 2.75) is 41.5 Å². The summed E-state index contributed by atoms with van der Waals surface area (Å²) in [6.07, 6.45) is 3.14. The van der Waals surface area contributed by atoms with E-state index in [-0.39, 0.29) is 37.5 Å². The number of carbonyl (C=O) groups excluding carboxylic acids is 3. The average molecular weight is 950 g/mol. The summed E-state index contributed by atoms with van der Waals surface area (Å²) < 4.78 is 18.9. The molecule has 4 aromatic carbocycles. The number of thiazole rings is 3. The number of carbonyl (C=O) groups is 3. The van der Waals surface area contributed by atoms with Crippen LogP contribution in [0.1, 0.15) is 33.4 Å². The number of para-hydroxylation sites is 1. The number of nitrogens with zero attached hydrogens (tertiary/aromatic N) is 3. The molecular weight excluding hydrogens is 908 g/mol. The number of hydrogen-bond donors (Lipinski definition) is 3. The molecule has 0 aliphatic carbocycles. The SMILES string of the molecule is Cc1cc(C)cc(OCC(=O)Nc2nc3ccccc3s2)c1.Cc1cc(C)cc(OCC(=O)Nc2ncc(Br)s2)c1.Cc1cc(C)cc(OCC(=O)Nc2ncc(Cl)s2)c1. The van der Waals surface area contributed by atoms with Crippen molar-refractivity contribution in [3.8, 4) is 17.2 Å². The standard InChI is InChI=1S/C17H16N2O2S.C13H13BrN2O2S.C13H13ClN2O2S/c1-11-7-12(2)9-13(8-11)21-10-16(20)19-17-18-14-5-3-4-6-15(14)22-17;2*1-8-3-9(2)5-10(4-8)18-7-12(17)16-13-15-6-11(14)19-13/h3-9H,10H2,1-2H3,(H,18,19,20);2*3-6H,7H2,1-2H3,(H,15,16,17). The number of amides is 3. The van der Waals surface area contributed by atoms with E-state index < -0.39 is 0 Å². The van der Waals surface area contributed by atoms with Crippen molar-refractivity contribution in [3.05, 3.63) is 133 Å². The van der Waals surface area contributed by atoms with Gasteiger partial charge in [-0.05, 0) is 139 Å². The lowest BCUT2D eigenvalue weighted by atomic mass is 10.1. The van der Waals surface area contributed by atoms with Crippen molar-refractivity contribution in [3.63, 3.8) is 0 Å². The van der Waals surface area contributed by atoms with Crippen molar-refractivity contribution in [1.29, 1.82) is 0 Å². The second-order valence-electron chi connectivity index (χ2n) is 13.4. The van der Waals surface area contributed by atoms with Gasteiger partial charge in [-0.3, -0.25) is 30.3 Å². The fourth-order valence-electron chi connectivity index (χ4n) is 5.51. The van der Waals surface area contributed by atoms with Crippen molar-refractivity contribution in [2.75, 3.05) is 35.8 Å². The van der Waals surface area contributed by atoms with Crippen LogP contribution in [0.5, 0.6) is 17.2 Å². The Bertz CT molecular complexity index is 2380. The molecule has 0 bridgehead atoms. The van der Waals surface area contributed by atoms with E-state index in [1.54, 1.807) is 6.20 Å². The van der Waals surface area contributed by atoms with Gasteiger partial charge in [0.15, 0.2) is 35.2 Å². The predicted octanol–water partition coefficient (Wildman–Crippen LogP) is 10.9. The quantitative estimate of drug-likeness (QED) is 0.109. The Hall–Kier alpha value is -5.39. The van der Waals surface area contributed by atoms with E-state index >= 15 is 0 Å². The predicted molar refractivity (Wildman–Crippen MR) is 247 cm³/mol. The third-order valence-corrected chi connectivity index (χ3v) is 11.1. The molecule has 0 aliphatic heterocycles. The van der Waals surface area contributed by atoms with Gasteiger partial charge in [-0.1, -0.05) is 75.9 Å². The Morgan fingerprint density at radius 3 is 1.35 bits per heavy atom. The van der Waals surface area contributed by atoms with E-state index in [4.69, 9.17) is 25.8 Å². The number of rotatable bonds is 12. The van der Waals surface area contributed by atoms with E-state index in [9.17, 15) is 14.4 Å². The van der Waals surface area contributed by atoms with Gasteiger partial charge in [0.1, 0.15) is 21.6 Å². The summed E-state index contributed by atoms with van der Waals surface area (Å²) in [6.45, 7) is 11.8. The highest BCUT2D eigenvalue weighted by molar-refractivity contribution is 9.11. The number of fused-ring (bicyclic) bond motifs is 1. The van der Waals surface area contributed by atoms with Gasteiger partial charge in [0.05, 0.1) is 26.4 Å². The molecule has 12 nitrogen and oxygen atoms in total. The lowest BCUT2D eigenvalue weighted by Crippen LogP contribution is -2.20. The van der Waals surface area contributed by atoms with Crippen LogP contribution in [0.25, 0.3) is 10.2 Å². The fourth-order valence-corrected chi connectivity index (χ4v) is 8.34. The monoisotopic (exact) mass is 948 g/mol. The van der Waals surface area contributed by atoms with Crippen molar-refractivity contribution < 1.29 is 28.6 Å². The van der Waals surface area contributed by atoms with Gasteiger partial charge in [0, 0.05) is 0 Å².